The third kappa shape index (κ3) is 1.65. The van der Waals surface area contributed by atoms with E-state index in [1.807, 2.05) is 42.6 Å². The van der Waals surface area contributed by atoms with Crippen LogP contribution in [-0.2, 0) is 0 Å². The number of rotatable bonds is 1. The van der Waals surface area contributed by atoms with Gasteiger partial charge in [0.15, 0.2) is 0 Å². The maximum Gasteiger partial charge on any atom is 0.0913 e. The van der Waals surface area contributed by atoms with Gasteiger partial charge in [0.25, 0.3) is 0 Å². The van der Waals surface area contributed by atoms with Crippen LogP contribution in [0, 0.1) is 0 Å². The number of hydrogen-bond acceptors (Lipinski definition) is 2. The molecule has 0 aromatic heterocycles. The van der Waals surface area contributed by atoms with Gasteiger partial charge in [0.2, 0.25) is 0 Å². The van der Waals surface area contributed by atoms with Gasteiger partial charge in [-0.2, -0.15) is 5.10 Å². The summed E-state index contributed by atoms with van der Waals surface area (Å²) in [6.45, 7) is 0. The molecule has 0 aliphatic carbocycles. The van der Waals surface area contributed by atoms with Crippen molar-refractivity contribution in [2.75, 3.05) is 0 Å². The van der Waals surface area contributed by atoms with Crippen LogP contribution in [0.1, 0.15) is 0 Å². The molecule has 1 aromatic carbocycles. The third-order valence-corrected chi connectivity index (χ3v) is 2.00. The average molecular weight is 188 g/mol. The van der Waals surface area contributed by atoms with Gasteiger partial charge in [-0.25, -0.2) is 5.01 Å². The first-order valence-corrected chi connectivity index (χ1v) is 4.43. The fraction of sp³-hybridized carbons (Fsp3) is 0. The summed E-state index contributed by atoms with van der Waals surface area (Å²) in [5.74, 6) is 0. The predicted molar refractivity (Wildman–Crippen MR) is 56.3 cm³/mol. The van der Waals surface area contributed by atoms with Gasteiger partial charge in [-0.15, -0.1) is 0 Å². The molecule has 2 nitrogen and oxygen atoms in total. The molecule has 0 N–H and O–H groups in total. The smallest absolute Gasteiger partial charge is 0.0913 e. The number of hydrogen-bond donors (Lipinski definition) is 0. The monoisotopic (exact) mass is 188 g/mol. The highest BCUT2D eigenvalue weighted by Crippen LogP contribution is 1.89. The van der Waals surface area contributed by atoms with Crippen LogP contribution in [0.4, 0.5) is 0 Å². The minimum atomic E-state index is 0.939. The molecule has 1 aromatic rings. The van der Waals surface area contributed by atoms with Gasteiger partial charge in [-0.3, -0.25) is 0 Å². The summed E-state index contributed by atoms with van der Waals surface area (Å²) in [4.78, 5) is 0. The van der Waals surface area contributed by atoms with E-state index in [1.54, 1.807) is 5.01 Å². The fourth-order valence-corrected chi connectivity index (χ4v) is 1.29. The maximum atomic E-state index is 4.80. The van der Waals surface area contributed by atoms with E-state index in [0.29, 0.717) is 0 Å². The highest BCUT2D eigenvalue weighted by atomic mass is 32.1. The van der Waals surface area contributed by atoms with Crippen molar-refractivity contribution in [3.8, 4) is 0 Å². The molecule has 0 atom stereocenters. The van der Waals surface area contributed by atoms with Crippen LogP contribution in [-0.4, -0.2) is 10.5 Å². The van der Waals surface area contributed by atoms with Crippen molar-refractivity contribution in [1.82, 2.24) is 5.01 Å². The average Bonchev–Trinajstić information content (AvgIpc) is 2.38. The van der Waals surface area contributed by atoms with Gasteiger partial charge >= 0.3 is 0 Å². The van der Waals surface area contributed by atoms with Gasteiger partial charge in [-0.05, 0) is 12.1 Å². The number of nitrogens with zero attached hydrogens (tertiary/aromatic N) is 2. The molecule has 13 heavy (non-hydrogen) atoms. The minimum Gasteiger partial charge on any atom is -0.237 e. The van der Waals surface area contributed by atoms with Gasteiger partial charge < -0.3 is 0 Å². The molecule has 0 unspecified atom stereocenters. The summed E-state index contributed by atoms with van der Waals surface area (Å²) in [5.41, 5.74) is 1.51. The fourth-order valence-electron chi connectivity index (χ4n) is 1.17. The molecule has 64 valence electrons. The Balaban J connectivity index is 2.69. The van der Waals surface area contributed by atoms with Crippen molar-refractivity contribution in [1.29, 1.82) is 0 Å². The van der Waals surface area contributed by atoms with Crippen molar-refractivity contribution in [2.24, 2.45) is 5.10 Å². The quantitative estimate of drug-likeness (QED) is 0.605. The van der Waals surface area contributed by atoms with Crippen LogP contribution in [0.5, 0.6) is 0 Å². The van der Waals surface area contributed by atoms with Crippen LogP contribution in [0.15, 0.2) is 41.6 Å². The summed E-state index contributed by atoms with van der Waals surface area (Å²) >= 11 is 4.80. The van der Waals surface area contributed by atoms with Crippen molar-refractivity contribution in [3.63, 3.8) is 0 Å². The summed E-state index contributed by atoms with van der Waals surface area (Å²) in [6, 6.07) is 7.94. The molecule has 0 radical (unpaired) electrons. The lowest BCUT2D eigenvalue weighted by atomic mass is 10.3. The molecule has 0 saturated carbocycles. The number of fused-ring (bicyclic) bond motifs is 1. The second-order valence-corrected chi connectivity index (χ2v) is 2.86. The molecule has 0 saturated heterocycles. The molecule has 0 fully saturated rings. The largest absolute Gasteiger partial charge is 0.237 e. The van der Waals surface area contributed by atoms with Crippen molar-refractivity contribution in [2.45, 2.75) is 0 Å². The first kappa shape index (κ1) is 8.13. The van der Waals surface area contributed by atoms with Crippen LogP contribution >= 0.6 is 12.2 Å². The van der Waals surface area contributed by atoms with E-state index in [-0.39, 0.29) is 0 Å². The van der Waals surface area contributed by atoms with Gasteiger partial charge in [0, 0.05) is 11.4 Å². The first-order chi connectivity index (χ1) is 6.40. The topological polar surface area (TPSA) is 15.6 Å². The summed E-state index contributed by atoms with van der Waals surface area (Å²) in [5, 5.41) is 7.98. The van der Waals surface area contributed by atoms with E-state index in [0.717, 1.165) is 10.6 Å². The number of benzene rings is 1. The highest BCUT2D eigenvalue weighted by molar-refractivity contribution is 7.78. The second kappa shape index (κ2) is 3.49. The van der Waals surface area contributed by atoms with Crippen LogP contribution in [0.3, 0.4) is 0 Å². The van der Waals surface area contributed by atoms with Crippen LogP contribution in [0.25, 0.3) is 6.08 Å². The molecule has 0 bridgehead atoms. The second-order valence-electron chi connectivity index (χ2n) is 2.65. The van der Waals surface area contributed by atoms with E-state index in [2.05, 4.69) is 5.10 Å². The molecule has 2 rings (SSSR count). The molecule has 1 heterocycles. The van der Waals surface area contributed by atoms with E-state index < -0.39 is 0 Å². The Labute approximate surface area is 81.5 Å². The Hall–Kier alpha value is -1.48. The zero-order valence-corrected chi connectivity index (χ0v) is 7.74. The van der Waals surface area contributed by atoms with E-state index in [4.69, 9.17) is 12.2 Å². The van der Waals surface area contributed by atoms with Crippen LogP contribution < -0.4 is 10.6 Å². The molecule has 0 amide bonds. The van der Waals surface area contributed by atoms with E-state index >= 15 is 0 Å². The lowest BCUT2D eigenvalue weighted by Crippen LogP contribution is -2.25. The lowest BCUT2D eigenvalue weighted by Gasteiger charge is -2.02. The Kier molecular flexibility index (Phi) is 2.19. The molecular formula is C10H8N2S. The highest BCUT2D eigenvalue weighted by Gasteiger charge is 1.92. The molecule has 1 aliphatic rings. The van der Waals surface area contributed by atoms with E-state index in [9.17, 15) is 0 Å². The standard InChI is InChI=1S/C10H8N2S/c13-8-12-7-3-5-9-4-1-2-6-10(9)11-12/h1-8H. The number of allylic oxidation sites excluding steroid dienone is 1. The summed E-state index contributed by atoms with van der Waals surface area (Å²) in [6.07, 6.45) is 5.77. The Bertz CT molecular complexity index is 462. The third-order valence-electron chi connectivity index (χ3n) is 1.78. The van der Waals surface area contributed by atoms with Gasteiger partial charge in [-0.1, -0.05) is 36.5 Å². The molecule has 1 aliphatic heterocycles. The van der Waals surface area contributed by atoms with Gasteiger partial charge in [0.1, 0.15) is 0 Å². The minimum absolute atomic E-state index is 0.939. The van der Waals surface area contributed by atoms with Gasteiger partial charge in [0.05, 0.1) is 10.8 Å². The predicted octanol–water partition coefficient (Wildman–Crippen LogP) is 0.788. The van der Waals surface area contributed by atoms with Crippen molar-refractivity contribution in [3.05, 3.63) is 47.1 Å². The Morgan fingerprint density at radius 1 is 1.31 bits per heavy atom. The first-order valence-electron chi connectivity index (χ1n) is 3.96. The number of thiocarbonyl (C=S) groups is 1. The molecular weight excluding hydrogens is 180 g/mol. The lowest BCUT2D eigenvalue weighted by molar-refractivity contribution is 0.605. The van der Waals surface area contributed by atoms with Crippen LogP contribution in [0.2, 0.25) is 0 Å². The molecule has 3 heteroatoms. The van der Waals surface area contributed by atoms with E-state index in [1.165, 1.54) is 5.49 Å². The zero-order chi connectivity index (χ0) is 9.10. The maximum absolute atomic E-state index is 4.80. The Morgan fingerprint density at radius 2 is 2.15 bits per heavy atom. The van der Waals surface area contributed by atoms with Crippen molar-refractivity contribution >= 4 is 23.8 Å². The normalized spacial score (nSPS) is 13.7. The van der Waals surface area contributed by atoms with Crippen molar-refractivity contribution < 1.29 is 0 Å². The molecule has 0 spiro atoms. The Morgan fingerprint density at radius 3 is 3.00 bits per heavy atom. The summed E-state index contributed by atoms with van der Waals surface area (Å²) in [7, 11) is 0. The SMILES string of the molecule is S=CN1C=CC=c2ccccc2=N1. The summed E-state index contributed by atoms with van der Waals surface area (Å²) < 4.78 is 0. The zero-order valence-electron chi connectivity index (χ0n) is 6.92.